The predicted molar refractivity (Wildman–Crippen MR) is 68.7 cm³/mol. The standard InChI is InChI=1S/C14H20N2/c1-3-4-5-14(16-15)11-10-13-8-6-12(2)7-9-13/h6-9,14,16H,5,10-11,15H2,1-2H3. The highest BCUT2D eigenvalue weighted by molar-refractivity contribution is 5.21. The molecule has 0 aliphatic carbocycles. The Morgan fingerprint density at radius 2 is 2.00 bits per heavy atom. The largest absolute Gasteiger partial charge is 0.271 e. The minimum absolute atomic E-state index is 0.286. The van der Waals surface area contributed by atoms with E-state index < -0.39 is 0 Å². The van der Waals surface area contributed by atoms with Crippen molar-refractivity contribution in [3.63, 3.8) is 0 Å². The Morgan fingerprint density at radius 1 is 1.31 bits per heavy atom. The number of hydrazine groups is 1. The van der Waals surface area contributed by atoms with E-state index in [-0.39, 0.29) is 6.04 Å². The van der Waals surface area contributed by atoms with Crippen molar-refractivity contribution in [3.05, 3.63) is 35.4 Å². The maximum atomic E-state index is 5.48. The van der Waals surface area contributed by atoms with Crippen molar-refractivity contribution in [3.8, 4) is 11.8 Å². The SMILES string of the molecule is CC#CCC(CCc1ccc(C)cc1)NN. The normalized spacial score (nSPS) is 11.7. The van der Waals surface area contributed by atoms with Crippen LogP contribution in [0.15, 0.2) is 24.3 Å². The molecule has 0 aliphatic rings. The molecule has 0 saturated carbocycles. The molecule has 0 saturated heterocycles. The van der Waals surface area contributed by atoms with Gasteiger partial charge in [0.1, 0.15) is 0 Å². The quantitative estimate of drug-likeness (QED) is 0.450. The molecule has 1 unspecified atom stereocenters. The van der Waals surface area contributed by atoms with E-state index in [0.717, 1.165) is 19.3 Å². The lowest BCUT2D eigenvalue weighted by atomic mass is 10.0. The lowest BCUT2D eigenvalue weighted by Crippen LogP contribution is -2.35. The summed E-state index contributed by atoms with van der Waals surface area (Å²) in [5, 5.41) is 0. The molecule has 3 N–H and O–H groups in total. The molecule has 0 heterocycles. The van der Waals surface area contributed by atoms with Gasteiger partial charge in [-0.25, -0.2) is 0 Å². The molecule has 1 aromatic carbocycles. The molecule has 0 fully saturated rings. The number of hydrogen-bond acceptors (Lipinski definition) is 2. The first kappa shape index (κ1) is 12.8. The van der Waals surface area contributed by atoms with Crippen LogP contribution in [0.3, 0.4) is 0 Å². The van der Waals surface area contributed by atoms with Gasteiger partial charge in [-0.1, -0.05) is 29.8 Å². The average molecular weight is 216 g/mol. The zero-order valence-corrected chi connectivity index (χ0v) is 10.1. The molecule has 1 aromatic rings. The summed E-state index contributed by atoms with van der Waals surface area (Å²) in [5.74, 6) is 11.4. The van der Waals surface area contributed by atoms with Crippen LogP contribution in [-0.2, 0) is 6.42 Å². The summed E-state index contributed by atoms with van der Waals surface area (Å²) in [7, 11) is 0. The zero-order chi connectivity index (χ0) is 11.8. The highest BCUT2D eigenvalue weighted by Gasteiger charge is 2.04. The molecule has 1 rings (SSSR count). The number of aryl methyl sites for hydroxylation is 2. The highest BCUT2D eigenvalue weighted by atomic mass is 15.2. The number of benzene rings is 1. The number of hydrogen-bond donors (Lipinski definition) is 2. The lowest BCUT2D eigenvalue weighted by Gasteiger charge is -2.12. The van der Waals surface area contributed by atoms with Crippen LogP contribution in [0.4, 0.5) is 0 Å². The Kier molecular flexibility index (Phi) is 5.63. The monoisotopic (exact) mass is 216 g/mol. The van der Waals surface area contributed by atoms with Crippen LogP contribution >= 0.6 is 0 Å². The summed E-state index contributed by atoms with van der Waals surface area (Å²) in [6.07, 6.45) is 2.88. The van der Waals surface area contributed by atoms with Crippen LogP contribution in [0, 0.1) is 18.8 Å². The van der Waals surface area contributed by atoms with E-state index in [1.807, 2.05) is 6.92 Å². The average Bonchev–Trinajstić information content (AvgIpc) is 2.32. The minimum atomic E-state index is 0.286. The summed E-state index contributed by atoms with van der Waals surface area (Å²) >= 11 is 0. The summed E-state index contributed by atoms with van der Waals surface area (Å²) in [6.45, 7) is 3.96. The lowest BCUT2D eigenvalue weighted by molar-refractivity contribution is 0.504. The van der Waals surface area contributed by atoms with Gasteiger partial charge in [0.15, 0.2) is 0 Å². The Labute approximate surface area is 98.2 Å². The van der Waals surface area contributed by atoms with E-state index in [9.17, 15) is 0 Å². The van der Waals surface area contributed by atoms with Gasteiger partial charge in [0.2, 0.25) is 0 Å². The van der Waals surface area contributed by atoms with Gasteiger partial charge in [0.25, 0.3) is 0 Å². The van der Waals surface area contributed by atoms with Gasteiger partial charge in [-0.3, -0.25) is 11.3 Å². The van der Waals surface area contributed by atoms with Crippen molar-refractivity contribution in [2.75, 3.05) is 0 Å². The van der Waals surface area contributed by atoms with Crippen LogP contribution in [0.2, 0.25) is 0 Å². The fraction of sp³-hybridized carbons (Fsp3) is 0.429. The summed E-state index contributed by atoms with van der Waals surface area (Å²) in [6, 6.07) is 8.93. The molecule has 16 heavy (non-hydrogen) atoms. The zero-order valence-electron chi connectivity index (χ0n) is 10.1. The van der Waals surface area contributed by atoms with Crippen molar-refractivity contribution >= 4 is 0 Å². The second kappa shape index (κ2) is 7.05. The Bertz CT molecular complexity index is 357. The van der Waals surface area contributed by atoms with Gasteiger partial charge in [-0.2, -0.15) is 0 Å². The maximum absolute atomic E-state index is 5.48. The Balaban J connectivity index is 2.41. The van der Waals surface area contributed by atoms with E-state index in [1.54, 1.807) is 0 Å². The van der Waals surface area contributed by atoms with Crippen molar-refractivity contribution in [1.82, 2.24) is 5.43 Å². The van der Waals surface area contributed by atoms with Crippen LogP contribution < -0.4 is 11.3 Å². The highest BCUT2D eigenvalue weighted by Crippen LogP contribution is 2.08. The third kappa shape index (κ3) is 4.48. The first-order chi connectivity index (χ1) is 7.76. The van der Waals surface area contributed by atoms with Gasteiger partial charge in [-0.05, 0) is 32.3 Å². The van der Waals surface area contributed by atoms with Crippen molar-refractivity contribution < 1.29 is 0 Å². The minimum Gasteiger partial charge on any atom is -0.271 e. The first-order valence-electron chi connectivity index (χ1n) is 5.67. The first-order valence-corrected chi connectivity index (χ1v) is 5.67. The van der Waals surface area contributed by atoms with Crippen LogP contribution in [0.1, 0.15) is 30.9 Å². The number of nitrogens with two attached hydrogens (primary N) is 1. The molecular weight excluding hydrogens is 196 g/mol. The molecule has 0 bridgehead atoms. The van der Waals surface area contributed by atoms with Crippen molar-refractivity contribution in [2.45, 2.75) is 39.2 Å². The van der Waals surface area contributed by atoms with Crippen LogP contribution in [0.25, 0.3) is 0 Å². The van der Waals surface area contributed by atoms with Crippen LogP contribution in [0.5, 0.6) is 0 Å². The second-order valence-electron chi connectivity index (χ2n) is 4.02. The molecule has 86 valence electrons. The molecule has 2 nitrogen and oxygen atoms in total. The maximum Gasteiger partial charge on any atom is 0.0323 e. The van der Waals surface area contributed by atoms with E-state index in [4.69, 9.17) is 5.84 Å². The van der Waals surface area contributed by atoms with Gasteiger partial charge in [0, 0.05) is 12.5 Å². The molecule has 0 amide bonds. The van der Waals surface area contributed by atoms with Gasteiger partial charge < -0.3 is 0 Å². The predicted octanol–water partition coefficient (Wildman–Crippen LogP) is 2.17. The van der Waals surface area contributed by atoms with Crippen molar-refractivity contribution in [1.29, 1.82) is 0 Å². The van der Waals surface area contributed by atoms with Crippen LogP contribution in [-0.4, -0.2) is 6.04 Å². The van der Waals surface area contributed by atoms with Gasteiger partial charge >= 0.3 is 0 Å². The molecular formula is C14H20N2. The third-order valence-electron chi connectivity index (χ3n) is 2.66. The molecule has 2 heteroatoms. The Hall–Kier alpha value is -1.30. The van der Waals surface area contributed by atoms with Crippen molar-refractivity contribution in [2.24, 2.45) is 5.84 Å². The van der Waals surface area contributed by atoms with Gasteiger partial charge in [-0.15, -0.1) is 11.8 Å². The molecule has 0 aromatic heterocycles. The summed E-state index contributed by atoms with van der Waals surface area (Å²) < 4.78 is 0. The molecule has 0 radical (unpaired) electrons. The molecule has 0 aliphatic heterocycles. The number of nitrogens with one attached hydrogen (secondary N) is 1. The van der Waals surface area contributed by atoms with E-state index in [2.05, 4.69) is 48.5 Å². The van der Waals surface area contributed by atoms with E-state index >= 15 is 0 Å². The molecule has 0 spiro atoms. The fourth-order valence-electron chi connectivity index (χ4n) is 1.57. The third-order valence-corrected chi connectivity index (χ3v) is 2.66. The summed E-state index contributed by atoms with van der Waals surface area (Å²) in [5.41, 5.74) is 5.47. The smallest absolute Gasteiger partial charge is 0.0323 e. The van der Waals surface area contributed by atoms with E-state index in [0.29, 0.717) is 0 Å². The topological polar surface area (TPSA) is 38.0 Å². The van der Waals surface area contributed by atoms with E-state index in [1.165, 1.54) is 11.1 Å². The Morgan fingerprint density at radius 3 is 2.56 bits per heavy atom. The fourth-order valence-corrected chi connectivity index (χ4v) is 1.57. The molecule has 1 atom stereocenters. The van der Waals surface area contributed by atoms with Gasteiger partial charge in [0.05, 0.1) is 0 Å². The second-order valence-corrected chi connectivity index (χ2v) is 4.02. The summed E-state index contributed by atoms with van der Waals surface area (Å²) in [4.78, 5) is 0. The number of rotatable bonds is 5.